The zero-order chi connectivity index (χ0) is 13.2. The largest absolute Gasteiger partial charge is 0.290 e. The van der Waals surface area contributed by atoms with E-state index in [1.807, 2.05) is 46.3 Å². The van der Waals surface area contributed by atoms with Crippen molar-refractivity contribution >= 4 is 22.4 Å². The van der Waals surface area contributed by atoms with Crippen LogP contribution in [0.15, 0.2) is 48.1 Å². The summed E-state index contributed by atoms with van der Waals surface area (Å²) in [7, 11) is 0. The number of fused-ring (bicyclic) bond motifs is 1. The number of benzene rings is 1. The van der Waals surface area contributed by atoms with Crippen molar-refractivity contribution in [3.63, 3.8) is 0 Å². The van der Waals surface area contributed by atoms with E-state index in [9.17, 15) is 10.1 Å². The Morgan fingerprint density at radius 1 is 1.32 bits per heavy atom. The van der Waals surface area contributed by atoms with Crippen LogP contribution in [0.25, 0.3) is 22.3 Å². The van der Waals surface area contributed by atoms with Crippen molar-refractivity contribution in [2.24, 2.45) is 0 Å². The molecule has 0 amide bonds. The van der Waals surface area contributed by atoms with Crippen LogP contribution in [-0.4, -0.2) is 14.3 Å². The van der Waals surface area contributed by atoms with Gasteiger partial charge in [0.15, 0.2) is 4.96 Å². The minimum atomic E-state index is -0.472. The zero-order valence-electron chi connectivity index (χ0n) is 9.76. The summed E-state index contributed by atoms with van der Waals surface area (Å²) in [5, 5.41) is 12.4. The lowest BCUT2D eigenvalue weighted by molar-refractivity contribution is -0.401. The Hall–Kier alpha value is -2.47. The maximum absolute atomic E-state index is 10.5. The summed E-state index contributed by atoms with van der Waals surface area (Å²) in [6.07, 6.45) is 4.28. The van der Waals surface area contributed by atoms with E-state index in [2.05, 4.69) is 4.98 Å². The lowest BCUT2D eigenvalue weighted by Crippen LogP contribution is -1.88. The average Bonchev–Trinajstić information content (AvgIpc) is 2.98. The topological polar surface area (TPSA) is 60.4 Å². The van der Waals surface area contributed by atoms with Crippen LogP contribution in [0.1, 0.15) is 5.69 Å². The standard InChI is InChI=1S/C13H9N3O2S/c17-16(18)7-6-11-12(10-4-2-1-3-5-10)14-13-15(11)8-9-19-13/h1-9H/b7-6+. The van der Waals surface area contributed by atoms with Crippen LogP contribution < -0.4 is 0 Å². The Labute approximate surface area is 112 Å². The van der Waals surface area contributed by atoms with Crippen LogP contribution in [-0.2, 0) is 0 Å². The van der Waals surface area contributed by atoms with E-state index >= 15 is 0 Å². The maximum atomic E-state index is 10.5. The molecule has 0 spiro atoms. The van der Waals surface area contributed by atoms with E-state index in [-0.39, 0.29) is 0 Å². The third-order valence-electron chi connectivity index (χ3n) is 2.70. The molecule has 0 fully saturated rings. The van der Waals surface area contributed by atoms with E-state index in [1.165, 1.54) is 17.4 Å². The van der Waals surface area contributed by atoms with Crippen molar-refractivity contribution in [1.82, 2.24) is 9.38 Å². The lowest BCUT2D eigenvalue weighted by Gasteiger charge is -1.98. The Morgan fingerprint density at radius 2 is 2.11 bits per heavy atom. The third-order valence-corrected chi connectivity index (χ3v) is 3.46. The predicted octanol–water partition coefficient (Wildman–Crippen LogP) is 3.31. The molecule has 94 valence electrons. The smallest absolute Gasteiger partial charge is 0.236 e. The van der Waals surface area contributed by atoms with Gasteiger partial charge in [0, 0.05) is 23.2 Å². The Balaban J connectivity index is 2.21. The molecule has 0 saturated heterocycles. The second-order valence-electron chi connectivity index (χ2n) is 3.87. The van der Waals surface area contributed by atoms with Gasteiger partial charge in [0.1, 0.15) is 0 Å². The highest BCUT2D eigenvalue weighted by Gasteiger charge is 2.13. The van der Waals surface area contributed by atoms with Crippen molar-refractivity contribution in [1.29, 1.82) is 0 Å². The molecule has 6 heteroatoms. The van der Waals surface area contributed by atoms with Crippen molar-refractivity contribution in [3.8, 4) is 11.3 Å². The minimum absolute atomic E-state index is 0.472. The molecule has 1 aromatic carbocycles. The molecule has 0 atom stereocenters. The molecule has 0 aliphatic rings. The summed E-state index contributed by atoms with van der Waals surface area (Å²) < 4.78 is 1.85. The van der Waals surface area contributed by atoms with Gasteiger partial charge < -0.3 is 0 Å². The average molecular weight is 271 g/mol. The predicted molar refractivity (Wildman–Crippen MR) is 74.5 cm³/mol. The molecule has 0 aliphatic carbocycles. The second-order valence-corrected chi connectivity index (χ2v) is 4.74. The number of rotatable bonds is 3. The fraction of sp³-hybridized carbons (Fsp3) is 0. The molecule has 2 aromatic heterocycles. The van der Waals surface area contributed by atoms with E-state index in [1.54, 1.807) is 0 Å². The van der Waals surface area contributed by atoms with Gasteiger partial charge in [0.05, 0.1) is 16.3 Å². The molecule has 0 saturated carbocycles. The molecule has 0 radical (unpaired) electrons. The first kappa shape index (κ1) is 11.6. The first-order chi connectivity index (χ1) is 9.25. The van der Waals surface area contributed by atoms with E-state index in [0.717, 1.165) is 28.1 Å². The Kier molecular flexibility index (Phi) is 2.85. The first-order valence-corrected chi connectivity index (χ1v) is 6.46. The van der Waals surface area contributed by atoms with Gasteiger partial charge >= 0.3 is 0 Å². The van der Waals surface area contributed by atoms with E-state index in [4.69, 9.17) is 0 Å². The van der Waals surface area contributed by atoms with Crippen molar-refractivity contribution in [3.05, 3.63) is 63.9 Å². The summed E-state index contributed by atoms with van der Waals surface area (Å²) in [5.74, 6) is 0. The molecule has 2 heterocycles. The normalized spacial score (nSPS) is 11.4. The van der Waals surface area contributed by atoms with Crippen LogP contribution in [0, 0.1) is 10.1 Å². The highest BCUT2D eigenvalue weighted by molar-refractivity contribution is 7.15. The summed E-state index contributed by atoms with van der Waals surface area (Å²) in [5.41, 5.74) is 2.42. The number of thiazole rings is 1. The van der Waals surface area contributed by atoms with Gasteiger partial charge in [0.2, 0.25) is 6.20 Å². The summed E-state index contributed by atoms with van der Waals surface area (Å²) in [6, 6.07) is 9.65. The number of nitrogens with zero attached hydrogens (tertiary/aromatic N) is 3. The highest BCUT2D eigenvalue weighted by Crippen LogP contribution is 2.27. The fourth-order valence-electron chi connectivity index (χ4n) is 1.90. The summed E-state index contributed by atoms with van der Waals surface area (Å²) >= 11 is 1.50. The van der Waals surface area contributed by atoms with Gasteiger partial charge in [-0.3, -0.25) is 14.5 Å². The van der Waals surface area contributed by atoms with E-state index in [0.29, 0.717) is 0 Å². The SMILES string of the molecule is O=[N+]([O-])/C=C/c1c(-c2ccccc2)nc2sccn12. The molecule has 3 aromatic rings. The quantitative estimate of drug-likeness (QED) is 0.542. The number of nitro groups is 1. The van der Waals surface area contributed by atoms with Gasteiger partial charge in [-0.05, 0) is 0 Å². The van der Waals surface area contributed by atoms with Crippen LogP contribution in [0.4, 0.5) is 0 Å². The fourth-order valence-corrected chi connectivity index (χ4v) is 2.62. The number of imidazole rings is 1. The highest BCUT2D eigenvalue weighted by atomic mass is 32.1. The number of aromatic nitrogens is 2. The molecule has 3 rings (SSSR count). The second kappa shape index (κ2) is 4.66. The minimum Gasteiger partial charge on any atom is -0.290 e. The first-order valence-electron chi connectivity index (χ1n) is 5.58. The molecule has 0 N–H and O–H groups in total. The van der Waals surface area contributed by atoms with Crippen LogP contribution in [0.2, 0.25) is 0 Å². The van der Waals surface area contributed by atoms with Crippen LogP contribution >= 0.6 is 11.3 Å². The van der Waals surface area contributed by atoms with E-state index < -0.39 is 4.92 Å². The molecule has 5 nitrogen and oxygen atoms in total. The monoisotopic (exact) mass is 271 g/mol. The zero-order valence-corrected chi connectivity index (χ0v) is 10.6. The summed E-state index contributed by atoms with van der Waals surface area (Å²) in [4.78, 5) is 15.4. The molecule has 0 unspecified atom stereocenters. The Morgan fingerprint density at radius 3 is 2.84 bits per heavy atom. The van der Waals surface area contributed by atoms with Gasteiger partial charge in [0.25, 0.3) is 0 Å². The van der Waals surface area contributed by atoms with Gasteiger partial charge in [-0.2, -0.15) is 0 Å². The van der Waals surface area contributed by atoms with Crippen LogP contribution in [0.5, 0.6) is 0 Å². The van der Waals surface area contributed by atoms with Crippen LogP contribution in [0.3, 0.4) is 0 Å². The molecular weight excluding hydrogens is 262 g/mol. The van der Waals surface area contributed by atoms with Crippen molar-refractivity contribution in [2.75, 3.05) is 0 Å². The van der Waals surface area contributed by atoms with Gasteiger partial charge in [-0.15, -0.1) is 11.3 Å². The molecule has 0 bridgehead atoms. The summed E-state index contributed by atoms with van der Waals surface area (Å²) in [6.45, 7) is 0. The van der Waals surface area contributed by atoms with Crippen molar-refractivity contribution in [2.45, 2.75) is 0 Å². The maximum Gasteiger partial charge on any atom is 0.236 e. The molecular formula is C13H9N3O2S. The van der Waals surface area contributed by atoms with Gasteiger partial charge in [-0.25, -0.2) is 4.98 Å². The third kappa shape index (κ3) is 2.13. The van der Waals surface area contributed by atoms with Crippen molar-refractivity contribution < 1.29 is 4.92 Å². The lowest BCUT2D eigenvalue weighted by atomic mass is 10.1. The van der Waals surface area contributed by atoms with Gasteiger partial charge in [-0.1, -0.05) is 30.3 Å². The molecule has 19 heavy (non-hydrogen) atoms. The number of hydrogen-bond donors (Lipinski definition) is 0. The number of hydrogen-bond acceptors (Lipinski definition) is 4. The molecule has 0 aliphatic heterocycles. The Bertz CT molecular complexity index is 759.